The van der Waals surface area contributed by atoms with Crippen LogP contribution in [0.25, 0.3) is 11.7 Å². The van der Waals surface area contributed by atoms with Crippen LogP contribution in [0.15, 0.2) is 46.2 Å². The first-order valence-electron chi connectivity index (χ1n) is 12.0. The van der Waals surface area contributed by atoms with Gasteiger partial charge in [0, 0.05) is 17.8 Å². The van der Waals surface area contributed by atoms with Gasteiger partial charge in [0.1, 0.15) is 21.3 Å². The fraction of sp³-hybridized carbons (Fsp3) is 0.333. The average molecular weight is 542 g/mol. The zero-order chi connectivity index (χ0) is 25.8. The van der Waals surface area contributed by atoms with E-state index in [4.69, 9.17) is 28.6 Å². The number of fused-ring (bicyclic) bond motifs is 1. The van der Waals surface area contributed by atoms with Gasteiger partial charge in [0.25, 0.3) is 11.5 Å². The lowest BCUT2D eigenvalue weighted by molar-refractivity contribution is -0.122. The summed E-state index contributed by atoms with van der Waals surface area (Å²) in [5.41, 5.74) is 2.01. The van der Waals surface area contributed by atoms with E-state index in [0.717, 1.165) is 30.4 Å². The lowest BCUT2D eigenvalue weighted by Gasteiger charge is -2.14. The van der Waals surface area contributed by atoms with E-state index in [2.05, 4.69) is 11.9 Å². The summed E-state index contributed by atoms with van der Waals surface area (Å²) in [5.74, 6) is 0.430. The Kier molecular flexibility index (Phi) is 8.49. The summed E-state index contributed by atoms with van der Waals surface area (Å²) in [7, 11) is 0. The quantitative estimate of drug-likeness (QED) is 0.166. The van der Waals surface area contributed by atoms with Crippen molar-refractivity contribution in [2.45, 2.75) is 52.9 Å². The number of amides is 1. The van der Waals surface area contributed by atoms with Gasteiger partial charge in [0.05, 0.1) is 4.91 Å². The Morgan fingerprint density at radius 1 is 1.11 bits per heavy atom. The second-order valence-corrected chi connectivity index (χ2v) is 10.9. The molecule has 0 saturated carbocycles. The van der Waals surface area contributed by atoms with Gasteiger partial charge in [0.15, 0.2) is 0 Å². The number of rotatable bonds is 9. The highest BCUT2D eigenvalue weighted by Gasteiger charge is 2.32. The van der Waals surface area contributed by atoms with Gasteiger partial charge in [-0.05, 0) is 61.7 Å². The van der Waals surface area contributed by atoms with Crippen LogP contribution in [0, 0.1) is 13.8 Å². The average Bonchev–Trinajstić information content (AvgIpc) is 3.11. The van der Waals surface area contributed by atoms with Crippen LogP contribution in [0.4, 0.5) is 0 Å². The topological polar surface area (TPSA) is 63.9 Å². The molecule has 0 atom stereocenters. The minimum absolute atomic E-state index is 0.126. The number of ether oxygens (including phenoxy) is 1. The van der Waals surface area contributed by atoms with Crippen molar-refractivity contribution >= 4 is 57.5 Å². The molecule has 4 rings (SSSR count). The molecular weight excluding hydrogens is 514 g/mol. The van der Waals surface area contributed by atoms with Crippen molar-refractivity contribution in [3.63, 3.8) is 0 Å². The van der Waals surface area contributed by atoms with Gasteiger partial charge in [-0.3, -0.25) is 18.9 Å². The molecular formula is C27H28ClN3O3S2. The standard InChI is InChI=1S/C27H28ClN3O3S2/c1-4-5-6-7-8-13-31-26(33)22(36-27(31)35)16-20-24(34-19-11-12-21(28)18(3)15-19)29-23-17(2)10-9-14-30(23)25(20)32/h9-12,14-16H,4-8,13H2,1-3H3/b22-16+. The minimum Gasteiger partial charge on any atom is -0.438 e. The molecule has 1 aliphatic rings. The highest BCUT2D eigenvalue weighted by atomic mass is 35.5. The van der Waals surface area contributed by atoms with Crippen LogP contribution in [0.1, 0.15) is 55.7 Å². The Hall–Kier alpha value is -2.68. The summed E-state index contributed by atoms with van der Waals surface area (Å²) in [6, 6.07) is 8.90. The number of hydrogen-bond donors (Lipinski definition) is 0. The molecule has 0 spiro atoms. The van der Waals surface area contributed by atoms with Gasteiger partial charge in [0.2, 0.25) is 5.88 Å². The van der Waals surface area contributed by atoms with Gasteiger partial charge >= 0.3 is 0 Å². The summed E-state index contributed by atoms with van der Waals surface area (Å²) < 4.78 is 8.07. The van der Waals surface area contributed by atoms with Gasteiger partial charge in [-0.15, -0.1) is 0 Å². The maximum absolute atomic E-state index is 13.6. The van der Waals surface area contributed by atoms with Crippen LogP contribution in [-0.4, -0.2) is 31.1 Å². The fourth-order valence-electron chi connectivity index (χ4n) is 3.98. The second kappa shape index (κ2) is 11.6. The monoisotopic (exact) mass is 541 g/mol. The number of carbonyl (C=O) groups is 1. The van der Waals surface area contributed by atoms with E-state index < -0.39 is 0 Å². The maximum atomic E-state index is 13.6. The molecule has 2 aromatic heterocycles. The fourth-order valence-corrected chi connectivity index (χ4v) is 5.39. The smallest absolute Gasteiger partial charge is 0.269 e. The number of halogens is 1. The number of benzene rings is 1. The maximum Gasteiger partial charge on any atom is 0.269 e. The van der Waals surface area contributed by atoms with E-state index in [1.165, 1.54) is 29.0 Å². The Morgan fingerprint density at radius 2 is 1.89 bits per heavy atom. The Morgan fingerprint density at radius 3 is 2.64 bits per heavy atom. The van der Waals surface area contributed by atoms with Gasteiger partial charge in [-0.1, -0.05) is 74.3 Å². The molecule has 6 nitrogen and oxygen atoms in total. The van der Waals surface area contributed by atoms with E-state index in [0.29, 0.717) is 32.2 Å². The highest BCUT2D eigenvalue weighted by molar-refractivity contribution is 8.26. The van der Waals surface area contributed by atoms with Crippen LogP contribution in [0.3, 0.4) is 0 Å². The van der Waals surface area contributed by atoms with E-state index >= 15 is 0 Å². The van der Waals surface area contributed by atoms with Gasteiger partial charge in [-0.25, -0.2) is 0 Å². The number of unbranched alkanes of at least 4 members (excludes halogenated alkanes) is 4. The molecule has 1 aliphatic heterocycles. The predicted molar refractivity (Wildman–Crippen MR) is 151 cm³/mol. The van der Waals surface area contributed by atoms with E-state index in [-0.39, 0.29) is 22.9 Å². The zero-order valence-corrected chi connectivity index (χ0v) is 22.9. The third kappa shape index (κ3) is 5.66. The van der Waals surface area contributed by atoms with E-state index in [1.54, 1.807) is 41.4 Å². The van der Waals surface area contributed by atoms with Crippen LogP contribution < -0.4 is 10.3 Å². The number of carbonyl (C=O) groups excluding carboxylic acids is 1. The van der Waals surface area contributed by atoms with Gasteiger partial charge in [-0.2, -0.15) is 4.98 Å². The molecule has 0 aliphatic carbocycles. The second-order valence-electron chi connectivity index (χ2n) is 8.78. The largest absolute Gasteiger partial charge is 0.438 e. The molecule has 188 valence electrons. The predicted octanol–water partition coefficient (Wildman–Crippen LogP) is 6.93. The highest BCUT2D eigenvalue weighted by Crippen LogP contribution is 2.35. The SMILES string of the molecule is CCCCCCCN1C(=O)/C(=C\c2c(Oc3ccc(Cl)c(C)c3)nc3c(C)cccn3c2=O)SC1=S. The molecule has 0 unspecified atom stereocenters. The van der Waals surface area contributed by atoms with Gasteiger partial charge < -0.3 is 4.74 Å². The minimum atomic E-state index is -0.325. The first-order valence-corrected chi connectivity index (χ1v) is 13.6. The van der Waals surface area contributed by atoms with Crippen molar-refractivity contribution in [2.75, 3.05) is 6.54 Å². The lowest BCUT2D eigenvalue weighted by Crippen LogP contribution is -2.29. The molecule has 36 heavy (non-hydrogen) atoms. The zero-order valence-electron chi connectivity index (χ0n) is 20.5. The summed E-state index contributed by atoms with van der Waals surface area (Å²) >= 11 is 12.9. The molecule has 1 saturated heterocycles. The Labute approximate surface area is 225 Å². The summed E-state index contributed by atoms with van der Waals surface area (Å²) in [6.45, 7) is 6.50. The molecule has 3 heterocycles. The lowest BCUT2D eigenvalue weighted by atomic mass is 10.1. The van der Waals surface area contributed by atoms with Crippen molar-refractivity contribution in [3.05, 3.63) is 73.5 Å². The molecule has 1 fully saturated rings. The Balaban J connectivity index is 1.71. The van der Waals surface area contributed by atoms with Crippen molar-refractivity contribution in [2.24, 2.45) is 0 Å². The summed E-state index contributed by atoms with van der Waals surface area (Å²) in [5, 5.41) is 0.614. The Bertz CT molecular complexity index is 1420. The number of aryl methyl sites for hydroxylation is 2. The van der Waals surface area contributed by atoms with Crippen molar-refractivity contribution < 1.29 is 9.53 Å². The molecule has 3 aromatic rings. The first-order chi connectivity index (χ1) is 17.3. The third-order valence-corrected chi connectivity index (χ3v) is 7.83. The molecule has 0 N–H and O–H groups in total. The number of pyridine rings is 1. The van der Waals surface area contributed by atoms with Crippen molar-refractivity contribution in [1.82, 2.24) is 14.3 Å². The van der Waals surface area contributed by atoms with Crippen LogP contribution in [0.5, 0.6) is 11.6 Å². The van der Waals surface area contributed by atoms with Crippen LogP contribution in [-0.2, 0) is 4.79 Å². The molecule has 0 radical (unpaired) electrons. The molecule has 1 aromatic carbocycles. The molecule has 9 heteroatoms. The van der Waals surface area contributed by atoms with Crippen LogP contribution >= 0.6 is 35.6 Å². The summed E-state index contributed by atoms with van der Waals surface area (Å²) in [4.78, 5) is 33.4. The number of nitrogens with zero attached hydrogens (tertiary/aromatic N) is 3. The van der Waals surface area contributed by atoms with E-state index in [9.17, 15) is 9.59 Å². The first kappa shape index (κ1) is 26.4. The third-order valence-electron chi connectivity index (χ3n) is 6.03. The molecule has 1 amide bonds. The number of hydrogen-bond acceptors (Lipinski definition) is 6. The molecule has 0 bridgehead atoms. The number of thioether (sulfide) groups is 1. The van der Waals surface area contributed by atoms with Crippen LogP contribution in [0.2, 0.25) is 5.02 Å². The van der Waals surface area contributed by atoms with E-state index in [1.807, 2.05) is 19.9 Å². The normalized spacial score (nSPS) is 14.9. The summed E-state index contributed by atoms with van der Waals surface area (Å²) in [6.07, 6.45) is 8.66. The van der Waals surface area contributed by atoms with Crippen molar-refractivity contribution in [3.8, 4) is 11.6 Å². The number of aromatic nitrogens is 2. The van der Waals surface area contributed by atoms with Crippen molar-refractivity contribution in [1.29, 1.82) is 0 Å². The number of thiocarbonyl (C=S) groups is 1.